The number of halogens is 1. The average Bonchev–Trinajstić information content (AvgIpc) is 2.86. The predicted molar refractivity (Wildman–Crippen MR) is 138 cm³/mol. The lowest BCUT2D eigenvalue weighted by Gasteiger charge is -2.39. The number of benzene rings is 2. The SMILES string of the molecule is CCc1ccccc1NC(=O)C[C@H]1C(=O)NCCN1C(=O)CN1CCN(c2ccc(Cl)cc2)CC1. The number of aryl methyl sites for hydroxylation is 1. The van der Waals surface area contributed by atoms with Gasteiger partial charge in [0.1, 0.15) is 6.04 Å². The second-order valence-corrected chi connectivity index (χ2v) is 9.33. The monoisotopic (exact) mass is 497 g/mol. The van der Waals surface area contributed by atoms with E-state index in [0.29, 0.717) is 18.1 Å². The summed E-state index contributed by atoms with van der Waals surface area (Å²) < 4.78 is 0. The van der Waals surface area contributed by atoms with Gasteiger partial charge in [-0.25, -0.2) is 0 Å². The summed E-state index contributed by atoms with van der Waals surface area (Å²) in [6.07, 6.45) is 0.718. The molecule has 8 nitrogen and oxygen atoms in total. The number of nitrogens with one attached hydrogen (secondary N) is 2. The Bertz CT molecular complexity index is 1050. The minimum atomic E-state index is -0.805. The number of nitrogens with zero attached hydrogens (tertiary/aromatic N) is 3. The van der Waals surface area contributed by atoms with Crippen molar-refractivity contribution >= 4 is 40.7 Å². The highest BCUT2D eigenvalue weighted by Crippen LogP contribution is 2.20. The number of rotatable bonds is 7. The second-order valence-electron chi connectivity index (χ2n) is 8.90. The van der Waals surface area contributed by atoms with Crippen LogP contribution in [0.15, 0.2) is 48.5 Å². The summed E-state index contributed by atoms with van der Waals surface area (Å²) in [6, 6.07) is 14.6. The fraction of sp³-hybridized carbons (Fsp3) is 0.423. The summed E-state index contributed by atoms with van der Waals surface area (Å²) >= 11 is 5.99. The zero-order valence-electron chi connectivity index (χ0n) is 20.0. The number of piperazine rings is 2. The number of carbonyl (C=O) groups is 3. The van der Waals surface area contributed by atoms with Gasteiger partial charge in [-0.15, -0.1) is 0 Å². The van der Waals surface area contributed by atoms with E-state index in [1.807, 2.05) is 55.5 Å². The topological polar surface area (TPSA) is 85.0 Å². The van der Waals surface area contributed by atoms with E-state index in [0.717, 1.165) is 49.5 Å². The van der Waals surface area contributed by atoms with Crippen LogP contribution >= 0.6 is 11.6 Å². The molecule has 2 aromatic carbocycles. The largest absolute Gasteiger partial charge is 0.369 e. The quantitative estimate of drug-likeness (QED) is 0.613. The van der Waals surface area contributed by atoms with Gasteiger partial charge in [0, 0.05) is 55.7 Å². The Morgan fingerprint density at radius 2 is 1.74 bits per heavy atom. The van der Waals surface area contributed by atoms with Gasteiger partial charge in [0.05, 0.1) is 13.0 Å². The molecular weight excluding hydrogens is 466 g/mol. The molecular formula is C26H32ClN5O3. The molecule has 186 valence electrons. The van der Waals surface area contributed by atoms with Crippen LogP contribution in [-0.2, 0) is 20.8 Å². The highest BCUT2D eigenvalue weighted by Gasteiger charge is 2.35. The van der Waals surface area contributed by atoms with Crippen LogP contribution in [0.5, 0.6) is 0 Å². The highest BCUT2D eigenvalue weighted by molar-refractivity contribution is 6.30. The molecule has 2 fully saturated rings. The summed E-state index contributed by atoms with van der Waals surface area (Å²) in [7, 11) is 0. The van der Waals surface area contributed by atoms with E-state index >= 15 is 0 Å². The van der Waals surface area contributed by atoms with Crippen LogP contribution in [0.2, 0.25) is 5.02 Å². The fourth-order valence-electron chi connectivity index (χ4n) is 4.64. The molecule has 0 bridgehead atoms. The normalized spacial score (nSPS) is 18.8. The molecule has 1 atom stereocenters. The lowest BCUT2D eigenvalue weighted by atomic mass is 10.1. The molecule has 0 saturated carbocycles. The van der Waals surface area contributed by atoms with E-state index in [4.69, 9.17) is 11.6 Å². The smallest absolute Gasteiger partial charge is 0.243 e. The van der Waals surface area contributed by atoms with Gasteiger partial charge < -0.3 is 20.4 Å². The Balaban J connectivity index is 1.33. The maximum absolute atomic E-state index is 13.2. The molecule has 2 saturated heterocycles. The Labute approximate surface area is 211 Å². The van der Waals surface area contributed by atoms with Crippen LogP contribution in [0.25, 0.3) is 0 Å². The molecule has 4 rings (SSSR count). The van der Waals surface area contributed by atoms with Gasteiger partial charge in [0.15, 0.2) is 0 Å². The van der Waals surface area contributed by atoms with Crippen molar-refractivity contribution < 1.29 is 14.4 Å². The van der Waals surface area contributed by atoms with Crippen LogP contribution in [0.4, 0.5) is 11.4 Å². The molecule has 35 heavy (non-hydrogen) atoms. The molecule has 2 aliphatic heterocycles. The van der Waals surface area contributed by atoms with Crippen molar-refractivity contribution in [1.82, 2.24) is 15.1 Å². The lowest BCUT2D eigenvalue weighted by Crippen LogP contribution is -2.60. The first kappa shape index (κ1) is 25.0. The molecule has 0 aliphatic carbocycles. The van der Waals surface area contributed by atoms with E-state index in [1.54, 1.807) is 4.90 Å². The first-order chi connectivity index (χ1) is 16.9. The minimum Gasteiger partial charge on any atom is -0.369 e. The summed E-state index contributed by atoms with van der Waals surface area (Å²) in [5.74, 6) is -0.676. The van der Waals surface area contributed by atoms with Crippen molar-refractivity contribution in [1.29, 1.82) is 0 Å². The van der Waals surface area contributed by atoms with Crippen molar-refractivity contribution in [2.45, 2.75) is 25.8 Å². The van der Waals surface area contributed by atoms with Gasteiger partial charge in [0.25, 0.3) is 0 Å². The second kappa shape index (κ2) is 11.6. The molecule has 2 N–H and O–H groups in total. The van der Waals surface area contributed by atoms with E-state index < -0.39 is 6.04 Å². The molecule has 0 radical (unpaired) electrons. The van der Waals surface area contributed by atoms with Crippen molar-refractivity contribution in [3.8, 4) is 0 Å². The summed E-state index contributed by atoms with van der Waals surface area (Å²) in [4.78, 5) is 44.6. The molecule has 9 heteroatoms. The molecule has 0 unspecified atom stereocenters. The van der Waals surface area contributed by atoms with Crippen LogP contribution < -0.4 is 15.5 Å². The third kappa shape index (κ3) is 6.32. The molecule has 2 aromatic rings. The zero-order valence-corrected chi connectivity index (χ0v) is 20.8. The van der Waals surface area contributed by atoms with Gasteiger partial charge in [-0.3, -0.25) is 19.3 Å². The van der Waals surface area contributed by atoms with Crippen LogP contribution in [0, 0.1) is 0 Å². The summed E-state index contributed by atoms with van der Waals surface area (Å²) in [5, 5.41) is 6.42. The van der Waals surface area contributed by atoms with Crippen LogP contribution in [-0.4, -0.2) is 79.4 Å². The maximum Gasteiger partial charge on any atom is 0.243 e. The molecule has 2 aliphatic rings. The van der Waals surface area contributed by atoms with Gasteiger partial charge in [0.2, 0.25) is 17.7 Å². The number of para-hydroxylation sites is 1. The van der Waals surface area contributed by atoms with E-state index in [-0.39, 0.29) is 30.7 Å². The maximum atomic E-state index is 13.2. The lowest BCUT2D eigenvalue weighted by molar-refractivity contribution is -0.145. The molecule has 3 amide bonds. The van der Waals surface area contributed by atoms with E-state index in [1.165, 1.54) is 0 Å². The van der Waals surface area contributed by atoms with Gasteiger partial charge >= 0.3 is 0 Å². The Kier molecular flexibility index (Phi) is 8.25. The first-order valence-electron chi connectivity index (χ1n) is 12.1. The third-order valence-corrected chi connectivity index (χ3v) is 6.88. The Hall–Kier alpha value is -3.10. The molecule has 0 aromatic heterocycles. The standard InChI is InChI=1S/C26H32ClN5O3/c1-2-19-5-3-4-6-22(19)29-24(33)17-23-26(35)28-11-12-32(23)25(34)18-30-13-15-31(16-14-30)21-9-7-20(27)8-10-21/h3-10,23H,2,11-18H2,1H3,(H,28,35)(H,29,33)/t23-/m0/s1. The van der Waals surface area contributed by atoms with Crippen molar-refractivity contribution in [2.75, 3.05) is 56.0 Å². The van der Waals surface area contributed by atoms with Crippen LogP contribution in [0.1, 0.15) is 18.9 Å². The number of hydrogen-bond acceptors (Lipinski definition) is 5. The van der Waals surface area contributed by atoms with E-state index in [2.05, 4.69) is 20.4 Å². The highest BCUT2D eigenvalue weighted by atomic mass is 35.5. The fourth-order valence-corrected chi connectivity index (χ4v) is 4.77. The van der Waals surface area contributed by atoms with E-state index in [9.17, 15) is 14.4 Å². The number of carbonyl (C=O) groups excluding carboxylic acids is 3. The number of hydrogen-bond donors (Lipinski definition) is 2. The minimum absolute atomic E-state index is 0.0695. The van der Waals surface area contributed by atoms with Gasteiger partial charge in [-0.1, -0.05) is 36.7 Å². The van der Waals surface area contributed by atoms with Crippen molar-refractivity contribution in [3.05, 3.63) is 59.1 Å². The summed E-state index contributed by atoms with van der Waals surface area (Å²) in [6.45, 7) is 6.15. The first-order valence-corrected chi connectivity index (χ1v) is 12.5. The number of amides is 3. The zero-order chi connectivity index (χ0) is 24.8. The summed E-state index contributed by atoms with van der Waals surface area (Å²) in [5.41, 5.74) is 2.89. The van der Waals surface area contributed by atoms with Crippen molar-refractivity contribution in [2.24, 2.45) is 0 Å². The van der Waals surface area contributed by atoms with Crippen molar-refractivity contribution in [3.63, 3.8) is 0 Å². The van der Waals surface area contributed by atoms with Crippen LogP contribution in [0.3, 0.4) is 0 Å². The Morgan fingerprint density at radius 3 is 2.46 bits per heavy atom. The van der Waals surface area contributed by atoms with Gasteiger partial charge in [-0.05, 0) is 42.3 Å². The molecule has 0 spiro atoms. The molecule has 2 heterocycles. The number of anilines is 2. The van der Waals surface area contributed by atoms with Gasteiger partial charge in [-0.2, -0.15) is 0 Å². The Morgan fingerprint density at radius 1 is 1.03 bits per heavy atom. The average molecular weight is 498 g/mol. The predicted octanol–water partition coefficient (Wildman–Crippen LogP) is 2.38. The third-order valence-electron chi connectivity index (χ3n) is 6.63.